The molecule has 0 aliphatic carbocycles. The Morgan fingerprint density at radius 3 is 2.50 bits per heavy atom. The van der Waals surface area contributed by atoms with Gasteiger partial charge in [0.05, 0.1) is 12.1 Å². The van der Waals surface area contributed by atoms with E-state index in [-0.39, 0.29) is 18.4 Å². The molecule has 2 nitrogen and oxygen atoms in total. The molecule has 1 unspecified atom stereocenters. The number of nitrogens with two attached hydrogens (primary N) is 1. The Morgan fingerprint density at radius 2 is 2.06 bits per heavy atom. The zero-order chi connectivity index (χ0) is 11.4. The molecule has 0 radical (unpaired) electrons. The van der Waals surface area contributed by atoms with Crippen LogP contribution in [0, 0.1) is 0 Å². The Bertz CT molecular complexity index is 340. The molecule has 4 heteroatoms. The first-order chi connectivity index (χ1) is 7.08. The van der Waals surface area contributed by atoms with Crippen LogP contribution in [0.4, 0.5) is 0 Å². The minimum Gasteiger partial charge on any atom is -0.495 e. The summed E-state index contributed by atoms with van der Waals surface area (Å²) < 4.78 is 5.29. The molecule has 0 saturated heterocycles. The Labute approximate surface area is 109 Å². The summed E-state index contributed by atoms with van der Waals surface area (Å²) in [7, 11) is 1.64. The second kappa shape index (κ2) is 7.00. The first kappa shape index (κ1) is 15.6. The number of ether oxygens (including phenoxy) is 1. The zero-order valence-electron chi connectivity index (χ0n) is 9.92. The normalized spacial score (nSPS) is 11.8. The molecule has 0 heterocycles. The average molecular weight is 264 g/mol. The van der Waals surface area contributed by atoms with E-state index in [0.717, 1.165) is 24.2 Å². The van der Waals surface area contributed by atoms with Gasteiger partial charge in [-0.2, -0.15) is 0 Å². The average Bonchev–Trinajstić information content (AvgIpc) is 2.16. The van der Waals surface area contributed by atoms with Gasteiger partial charge in [0.25, 0.3) is 0 Å². The van der Waals surface area contributed by atoms with Gasteiger partial charge in [0, 0.05) is 6.04 Å². The highest BCUT2D eigenvalue weighted by Gasteiger charge is 2.11. The maximum atomic E-state index is 6.13. The zero-order valence-corrected chi connectivity index (χ0v) is 11.5. The van der Waals surface area contributed by atoms with E-state index in [0.29, 0.717) is 5.02 Å². The molecule has 0 aliphatic rings. The summed E-state index contributed by atoms with van der Waals surface area (Å²) in [6, 6.07) is 4.18. The maximum Gasteiger partial charge on any atom is 0.140 e. The molecule has 16 heavy (non-hydrogen) atoms. The fourth-order valence-corrected chi connectivity index (χ4v) is 1.98. The van der Waals surface area contributed by atoms with Gasteiger partial charge in [-0.15, -0.1) is 12.4 Å². The third kappa shape index (κ3) is 3.85. The molecule has 1 rings (SSSR count). The number of rotatable bonds is 4. The number of methoxy groups -OCH3 is 1. The highest BCUT2D eigenvalue weighted by Crippen LogP contribution is 2.31. The third-order valence-electron chi connectivity index (χ3n) is 2.33. The number of aryl methyl sites for hydroxylation is 1. The highest BCUT2D eigenvalue weighted by atomic mass is 35.5. The molecular weight excluding hydrogens is 245 g/mol. The van der Waals surface area contributed by atoms with Crippen LogP contribution in [-0.4, -0.2) is 13.2 Å². The molecule has 0 spiro atoms. The van der Waals surface area contributed by atoms with Crippen LogP contribution in [0.2, 0.25) is 5.02 Å². The second-order valence-electron chi connectivity index (χ2n) is 3.80. The van der Waals surface area contributed by atoms with Crippen molar-refractivity contribution in [3.63, 3.8) is 0 Å². The molecule has 0 amide bonds. The molecule has 0 aliphatic heterocycles. The summed E-state index contributed by atoms with van der Waals surface area (Å²) in [5, 5.41) is 0.674. The van der Waals surface area contributed by atoms with E-state index in [1.165, 1.54) is 5.56 Å². The molecule has 1 atom stereocenters. The van der Waals surface area contributed by atoms with Crippen molar-refractivity contribution in [3.8, 4) is 5.75 Å². The predicted molar refractivity (Wildman–Crippen MR) is 72.0 cm³/mol. The quantitative estimate of drug-likeness (QED) is 0.906. The summed E-state index contributed by atoms with van der Waals surface area (Å²) in [4.78, 5) is 0. The predicted octanol–water partition coefficient (Wildman–Crippen LogP) is 3.22. The van der Waals surface area contributed by atoms with Crippen molar-refractivity contribution in [2.75, 3.05) is 7.11 Å². The Hall–Kier alpha value is -0.440. The smallest absolute Gasteiger partial charge is 0.140 e. The van der Waals surface area contributed by atoms with Crippen LogP contribution in [-0.2, 0) is 12.8 Å². The van der Waals surface area contributed by atoms with Crippen molar-refractivity contribution in [2.24, 2.45) is 5.73 Å². The van der Waals surface area contributed by atoms with Crippen molar-refractivity contribution in [1.29, 1.82) is 0 Å². The van der Waals surface area contributed by atoms with Gasteiger partial charge >= 0.3 is 0 Å². The summed E-state index contributed by atoms with van der Waals surface area (Å²) in [6.45, 7) is 4.08. The van der Waals surface area contributed by atoms with Crippen LogP contribution in [0.3, 0.4) is 0 Å². The van der Waals surface area contributed by atoms with Gasteiger partial charge in [0.1, 0.15) is 5.75 Å². The molecular formula is C12H19Cl2NO. The summed E-state index contributed by atoms with van der Waals surface area (Å²) in [6.07, 6.45) is 1.76. The lowest BCUT2D eigenvalue weighted by Gasteiger charge is -2.14. The fraction of sp³-hybridized carbons (Fsp3) is 0.500. The molecule has 1 aromatic carbocycles. The van der Waals surface area contributed by atoms with E-state index in [1.54, 1.807) is 7.11 Å². The van der Waals surface area contributed by atoms with Crippen molar-refractivity contribution >= 4 is 24.0 Å². The summed E-state index contributed by atoms with van der Waals surface area (Å²) in [5.74, 6) is 0.756. The van der Waals surface area contributed by atoms with E-state index in [1.807, 2.05) is 13.0 Å². The molecule has 1 aromatic rings. The van der Waals surface area contributed by atoms with Gasteiger partial charge in [-0.25, -0.2) is 0 Å². The first-order valence-corrected chi connectivity index (χ1v) is 5.57. The Morgan fingerprint density at radius 1 is 1.44 bits per heavy atom. The van der Waals surface area contributed by atoms with Crippen LogP contribution >= 0.6 is 24.0 Å². The Kier molecular flexibility index (Phi) is 6.81. The van der Waals surface area contributed by atoms with Crippen molar-refractivity contribution < 1.29 is 4.74 Å². The minimum atomic E-state index is 0. The Balaban J connectivity index is 0.00000225. The van der Waals surface area contributed by atoms with Gasteiger partial charge < -0.3 is 10.5 Å². The van der Waals surface area contributed by atoms with Crippen LogP contribution < -0.4 is 10.5 Å². The SMILES string of the molecule is CCc1cc(Cl)c(OC)c(CC(C)N)c1.Cl. The lowest BCUT2D eigenvalue weighted by Crippen LogP contribution is -2.18. The summed E-state index contributed by atoms with van der Waals surface area (Å²) in [5.41, 5.74) is 8.10. The molecule has 0 fully saturated rings. The van der Waals surface area contributed by atoms with Gasteiger partial charge in [0.2, 0.25) is 0 Å². The van der Waals surface area contributed by atoms with Crippen molar-refractivity contribution in [3.05, 3.63) is 28.3 Å². The summed E-state index contributed by atoms with van der Waals surface area (Å²) >= 11 is 6.13. The van der Waals surface area contributed by atoms with Gasteiger partial charge in [-0.3, -0.25) is 0 Å². The van der Waals surface area contributed by atoms with Crippen molar-refractivity contribution in [1.82, 2.24) is 0 Å². The van der Waals surface area contributed by atoms with Gasteiger partial charge in [0.15, 0.2) is 0 Å². The number of hydrogen-bond acceptors (Lipinski definition) is 2. The number of halogens is 2. The molecule has 0 saturated carbocycles. The third-order valence-corrected chi connectivity index (χ3v) is 2.62. The molecule has 2 N–H and O–H groups in total. The fourth-order valence-electron chi connectivity index (χ4n) is 1.64. The van der Waals surface area contributed by atoms with E-state index in [2.05, 4.69) is 13.0 Å². The van der Waals surface area contributed by atoms with Gasteiger partial charge in [-0.1, -0.05) is 24.6 Å². The lowest BCUT2D eigenvalue weighted by atomic mass is 10.0. The lowest BCUT2D eigenvalue weighted by molar-refractivity contribution is 0.408. The van der Waals surface area contributed by atoms with Crippen molar-refractivity contribution in [2.45, 2.75) is 32.7 Å². The minimum absolute atomic E-state index is 0. The maximum absolute atomic E-state index is 6.13. The van der Waals surface area contributed by atoms with Gasteiger partial charge in [-0.05, 0) is 37.0 Å². The topological polar surface area (TPSA) is 35.2 Å². The monoisotopic (exact) mass is 263 g/mol. The number of benzene rings is 1. The molecule has 0 aromatic heterocycles. The van der Waals surface area contributed by atoms with Crippen LogP contribution in [0.15, 0.2) is 12.1 Å². The van der Waals surface area contributed by atoms with Crippen LogP contribution in [0.1, 0.15) is 25.0 Å². The highest BCUT2D eigenvalue weighted by molar-refractivity contribution is 6.32. The first-order valence-electron chi connectivity index (χ1n) is 5.19. The number of hydrogen-bond donors (Lipinski definition) is 1. The van der Waals surface area contributed by atoms with E-state index >= 15 is 0 Å². The van der Waals surface area contributed by atoms with E-state index in [4.69, 9.17) is 22.1 Å². The largest absolute Gasteiger partial charge is 0.495 e. The van der Waals surface area contributed by atoms with Crippen LogP contribution in [0.5, 0.6) is 5.75 Å². The molecule has 0 bridgehead atoms. The van der Waals surface area contributed by atoms with Crippen LogP contribution in [0.25, 0.3) is 0 Å². The standard InChI is InChI=1S/C12H18ClNO.ClH/c1-4-9-6-10(5-8(2)14)12(15-3)11(13)7-9;/h6-8H,4-5,14H2,1-3H3;1H. The molecule has 92 valence electrons. The second-order valence-corrected chi connectivity index (χ2v) is 4.21. The van der Waals surface area contributed by atoms with E-state index < -0.39 is 0 Å². The van der Waals surface area contributed by atoms with E-state index in [9.17, 15) is 0 Å².